The molecule has 6 aromatic carbocycles. The number of Topliss-reactive ketones (excluding diaryl/α,β-unsaturated/α-hetero) is 3. The number of likely N-dealkylation sites (N-methyl/N-ethyl adjacent to an activating group) is 1. The monoisotopic (exact) mass is 1320 g/mol. The first kappa shape index (κ1) is 79.8. The summed E-state index contributed by atoms with van der Waals surface area (Å²) in [5.41, 5.74) is -0.220. The van der Waals surface area contributed by atoms with Crippen LogP contribution in [-0.4, -0.2) is 178 Å². The molecule has 0 saturated carbocycles. The second kappa shape index (κ2) is 37.4. The van der Waals surface area contributed by atoms with Crippen molar-refractivity contribution in [2.75, 3.05) is 97.3 Å². The summed E-state index contributed by atoms with van der Waals surface area (Å²) in [5, 5.41) is 37.5. The fraction of sp³-hybridized carbons (Fsp3) is 0.385. The van der Waals surface area contributed by atoms with Gasteiger partial charge in [-0.2, -0.15) is 0 Å². The Kier molecular flexibility index (Phi) is 32.8. The van der Waals surface area contributed by atoms with Crippen LogP contribution in [0.25, 0.3) is 20.2 Å². The Hall–Kier alpha value is -5.44. The number of aliphatic hydroxyl groups is 4. The smallest absolute Gasteiger partial charge is 0.748 e. The molecule has 0 amide bonds. The van der Waals surface area contributed by atoms with E-state index in [0.29, 0.717) is 90.6 Å². The molecule has 0 bridgehead atoms. The number of aliphatic hydroxyl groups excluding tert-OH is 2. The van der Waals surface area contributed by atoms with E-state index in [1.807, 2.05) is 74.4 Å². The second-order valence-electron chi connectivity index (χ2n) is 21.7. The predicted octanol–water partition coefficient (Wildman–Crippen LogP) is 1.34. The molecule has 1 unspecified atom stereocenters. The number of fused-ring (bicyclic) bond motifs is 2. The molecule has 1 aliphatic heterocycles. The van der Waals surface area contributed by atoms with Crippen LogP contribution in [0.1, 0.15) is 84.1 Å². The standard InChI is InChI=1S/C23H30N2O5S.C16H14O5S2.C14H20O5.C12H16O4.Li.Na/c1-4-23(24(2)3,17-18-5-11-21(12-6-18)31(27,28)29)22(26)19-7-9-20(10-8-19)25-13-15-30-16-14-25;17-16-12-4-1-2-5-14(12)22-15-7-6-11(10-13(15)16)21-8-3-9-23(18,19)20;1-14(2,17)13(16)11-3-5-12(6-4-11)19-10-9-18-8-7-15;1-12(2,15)11(14)9-3-5-10(6-4-9)16-8-7-13;;/h5-12H,4,13-17H2,1-3H3,(H,27,28,29);1-2,4-7,10H,3,8-9H2,(H,18,19,20);3-6,15,17H,7-10H2,1-2H3;3-6,13,15H,7-8H2,1-2H3;;/q;;;;2*+1/p-2. The van der Waals surface area contributed by atoms with Crippen LogP contribution in [0, 0.1) is 0 Å². The Balaban J connectivity index is 0.000000324. The Morgan fingerprint density at radius 1 is 0.626 bits per heavy atom. The summed E-state index contributed by atoms with van der Waals surface area (Å²) >= 11 is 1.53. The van der Waals surface area contributed by atoms with Gasteiger partial charge in [-0.3, -0.25) is 24.1 Å². The topological polar surface area (TPSA) is 316 Å². The van der Waals surface area contributed by atoms with Gasteiger partial charge in [-0.1, -0.05) is 31.2 Å². The number of morpholine rings is 1. The van der Waals surface area contributed by atoms with Gasteiger partial charge >= 0.3 is 48.4 Å². The molecule has 26 heteroatoms. The molecule has 1 atom stereocenters. The van der Waals surface area contributed by atoms with Crippen molar-refractivity contribution in [1.82, 2.24) is 4.90 Å². The molecular weight excluding hydrogens is 1240 g/mol. The van der Waals surface area contributed by atoms with Gasteiger partial charge in [0.05, 0.1) is 66.8 Å². The molecule has 1 aliphatic rings. The molecular formula is C65H78LiN2NaO19S3. The Morgan fingerprint density at radius 2 is 1.11 bits per heavy atom. The van der Waals surface area contributed by atoms with Crippen LogP contribution in [0.4, 0.5) is 5.69 Å². The van der Waals surface area contributed by atoms with Gasteiger partial charge in [-0.25, -0.2) is 16.8 Å². The molecule has 1 fully saturated rings. The van der Waals surface area contributed by atoms with Gasteiger partial charge < -0.3 is 58.1 Å². The molecule has 1 saturated heterocycles. The maximum atomic E-state index is 13.6. The van der Waals surface area contributed by atoms with Crippen molar-refractivity contribution in [2.45, 2.75) is 75.5 Å². The predicted molar refractivity (Wildman–Crippen MR) is 339 cm³/mol. The van der Waals surface area contributed by atoms with Crippen molar-refractivity contribution in [3.05, 3.63) is 172 Å². The number of anilines is 1. The van der Waals surface area contributed by atoms with Crippen LogP contribution in [-0.2, 0) is 36.1 Å². The Morgan fingerprint density at radius 3 is 1.60 bits per heavy atom. The van der Waals surface area contributed by atoms with Gasteiger partial charge in [0.15, 0.2) is 22.8 Å². The van der Waals surface area contributed by atoms with E-state index in [4.69, 9.17) is 33.9 Å². The van der Waals surface area contributed by atoms with Crippen LogP contribution in [0.2, 0.25) is 0 Å². The summed E-state index contributed by atoms with van der Waals surface area (Å²) in [6, 6.07) is 39.2. The fourth-order valence-electron chi connectivity index (χ4n) is 9.03. The minimum Gasteiger partial charge on any atom is -0.748 e. The summed E-state index contributed by atoms with van der Waals surface area (Å²) in [6.07, 6.45) is 1.10. The first-order chi connectivity index (χ1) is 42.0. The van der Waals surface area contributed by atoms with Gasteiger partial charge in [0.25, 0.3) is 0 Å². The molecule has 8 rings (SSSR count). The molecule has 0 aliphatic carbocycles. The third-order valence-corrected chi connectivity index (χ3v) is 16.7. The van der Waals surface area contributed by atoms with Crippen molar-refractivity contribution in [2.24, 2.45) is 0 Å². The number of ketones is 3. The number of carbonyl (C=O) groups is 3. The Labute approximate surface area is 570 Å². The first-order valence-electron chi connectivity index (χ1n) is 28.5. The zero-order valence-electron chi connectivity index (χ0n) is 52.9. The summed E-state index contributed by atoms with van der Waals surface area (Å²) < 4.78 is 93.4. The van der Waals surface area contributed by atoms with E-state index in [1.165, 1.54) is 51.2 Å². The van der Waals surface area contributed by atoms with Crippen molar-refractivity contribution in [1.29, 1.82) is 0 Å². The fourth-order valence-corrected chi connectivity index (χ4v) is 11.0. The summed E-state index contributed by atoms with van der Waals surface area (Å²) in [5.74, 6) is 0.585. The number of carbonyl (C=O) groups excluding carboxylic acids is 3. The first-order valence-corrected chi connectivity index (χ1v) is 32.3. The third kappa shape index (κ3) is 25.1. The molecule has 1 aromatic heterocycles. The zero-order chi connectivity index (χ0) is 65.6. The van der Waals surface area contributed by atoms with Crippen molar-refractivity contribution < 1.29 is 133 Å². The molecule has 0 spiro atoms. The van der Waals surface area contributed by atoms with Crippen LogP contribution in [0.15, 0.2) is 149 Å². The van der Waals surface area contributed by atoms with Gasteiger partial charge in [-0.15, -0.1) is 11.3 Å². The molecule has 7 aromatic rings. The third-order valence-electron chi connectivity index (χ3n) is 13.9. The van der Waals surface area contributed by atoms with Crippen LogP contribution in [0.3, 0.4) is 0 Å². The number of ether oxygens (including phenoxy) is 5. The van der Waals surface area contributed by atoms with Crippen molar-refractivity contribution in [3.63, 3.8) is 0 Å². The van der Waals surface area contributed by atoms with Gasteiger partial charge in [-0.05, 0) is 182 Å². The van der Waals surface area contributed by atoms with Gasteiger partial charge in [0.2, 0.25) is 0 Å². The van der Waals surface area contributed by atoms with Crippen LogP contribution < -0.4 is 73.0 Å². The van der Waals surface area contributed by atoms with E-state index in [0.717, 1.165) is 33.7 Å². The quantitative estimate of drug-likeness (QED) is 0.0195. The number of nitrogens with zero attached hydrogens (tertiary/aromatic N) is 2. The molecule has 0 radical (unpaired) electrons. The maximum Gasteiger partial charge on any atom is 1.00 e. The van der Waals surface area contributed by atoms with Gasteiger partial charge in [0.1, 0.15) is 51.8 Å². The van der Waals surface area contributed by atoms with E-state index >= 15 is 0 Å². The molecule has 4 N–H and O–H groups in total. The minimum absolute atomic E-state index is 0. The second-order valence-corrected chi connectivity index (χ2v) is 25.6. The van der Waals surface area contributed by atoms with Crippen molar-refractivity contribution >= 4 is 74.8 Å². The van der Waals surface area contributed by atoms with Gasteiger partial charge in [0, 0.05) is 61.4 Å². The van der Waals surface area contributed by atoms with Crippen LogP contribution in [0.5, 0.6) is 17.2 Å². The van der Waals surface area contributed by atoms with E-state index in [2.05, 4.69) is 4.90 Å². The van der Waals surface area contributed by atoms with Crippen molar-refractivity contribution in [3.8, 4) is 17.2 Å². The molecule has 2 heterocycles. The summed E-state index contributed by atoms with van der Waals surface area (Å²) in [6.45, 7) is 12.2. The zero-order valence-corrected chi connectivity index (χ0v) is 57.4. The average molecular weight is 1320 g/mol. The van der Waals surface area contributed by atoms with Crippen LogP contribution >= 0.6 is 11.3 Å². The summed E-state index contributed by atoms with van der Waals surface area (Å²) in [4.78, 5) is 53.5. The average Bonchev–Trinajstić information content (AvgIpc) is 0.828. The van der Waals surface area contributed by atoms with E-state index < -0.39 is 42.7 Å². The van der Waals surface area contributed by atoms with E-state index in [1.54, 1.807) is 78.9 Å². The number of benzene rings is 6. The number of rotatable bonds is 26. The molecule has 91 heavy (non-hydrogen) atoms. The van der Waals surface area contributed by atoms with E-state index in [9.17, 15) is 55.3 Å². The summed E-state index contributed by atoms with van der Waals surface area (Å²) in [7, 11) is -4.97. The molecule has 482 valence electrons. The SMILES string of the molecule is CC(C)(O)C(=O)c1ccc(OCCO)cc1.CC(C)(O)C(=O)c1ccc(OCCOCCO)cc1.CCC(Cc1ccc(S(=O)(=O)[O-])cc1)(C(=O)c1ccc(N2CCOCC2)cc1)N(C)C.O=c1c2ccccc2sc2ccc(OCCCS(=O)(=O)[O-])cc12.[Li+].[Na+]. The number of hydrogen-bond donors (Lipinski definition) is 4. The number of hydrogen-bond acceptors (Lipinski definition) is 22. The van der Waals surface area contributed by atoms with E-state index in [-0.39, 0.29) is 109 Å². The molecule has 21 nitrogen and oxygen atoms in total. The maximum absolute atomic E-state index is 13.6. The largest absolute Gasteiger partial charge is 1.00 e. The normalized spacial score (nSPS) is 13.1. The minimum atomic E-state index is -4.50. The Bertz CT molecular complexity index is 3710.